The molecule has 0 aliphatic heterocycles. The Balaban J connectivity index is 2.73. The number of hydrogen-bond acceptors (Lipinski definition) is 9. The monoisotopic (exact) mass is 371 g/mol. The molecule has 0 saturated carbocycles. The molecule has 26 heavy (non-hydrogen) atoms. The molecule has 0 bridgehead atoms. The van der Waals surface area contributed by atoms with Crippen LogP contribution in [0.2, 0.25) is 0 Å². The van der Waals surface area contributed by atoms with E-state index in [0.29, 0.717) is 17.2 Å². The molecule has 0 aliphatic rings. The van der Waals surface area contributed by atoms with Crippen LogP contribution in [0.25, 0.3) is 0 Å². The molecule has 1 atom stereocenters. The van der Waals surface area contributed by atoms with Gasteiger partial charge in [-0.05, 0) is 12.1 Å². The summed E-state index contributed by atoms with van der Waals surface area (Å²) >= 11 is 0. The molecule has 0 heterocycles. The van der Waals surface area contributed by atoms with Crippen LogP contribution in [-0.2, 0) is 19.1 Å². The normalized spacial score (nSPS) is 11.4. The zero-order valence-corrected chi connectivity index (χ0v) is 14.9. The highest BCUT2D eigenvalue weighted by Crippen LogP contribution is 2.29. The Kier molecular flexibility index (Phi) is 9.88. The summed E-state index contributed by atoms with van der Waals surface area (Å²) in [5.74, 6) is 0.157. The highest BCUT2D eigenvalue weighted by Gasteiger charge is 2.10. The van der Waals surface area contributed by atoms with Gasteiger partial charge in [0.15, 0.2) is 0 Å². The van der Waals surface area contributed by atoms with Gasteiger partial charge in [0.05, 0.1) is 58.7 Å². The summed E-state index contributed by atoms with van der Waals surface area (Å²) in [4.78, 5) is 22.3. The van der Waals surface area contributed by atoms with Crippen LogP contribution in [0.5, 0.6) is 11.5 Å². The van der Waals surface area contributed by atoms with Gasteiger partial charge in [-0.15, -0.1) is 0 Å². The topological polar surface area (TPSA) is 124 Å². The maximum atomic E-state index is 11.2. The van der Waals surface area contributed by atoms with Crippen LogP contribution in [0.1, 0.15) is 12.8 Å². The number of carbonyl (C=O) groups is 2. The average molecular weight is 371 g/mol. The Morgan fingerprint density at radius 1 is 1.08 bits per heavy atom. The van der Waals surface area contributed by atoms with E-state index in [-0.39, 0.29) is 45.2 Å². The van der Waals surface area contributed by atoms with E-state index in [4.69, 9.17) is 14.6 Å². The van der Waals surface area contributed by atoms with E-state index in [2.05, 4.69) is 14.8 Å². The van der Waals surface area contributed by atoms with Crippen LogP contribution in [0, 0.1) is 0 Å². The Bertz CT molecular complexity index is 578. The van der Waals surface area contributed by atoms with E-state index in [1.54, 1.807) is 18.2 Å². The summed E-state index contributed by atoms with van der Waals surface area (Å²) in [6.07, 6.45) is -0.742. The lowest BCUT2D eigenvalue weighted by Gasteiger charge is -2.16. The lowest BCUT2D eigenvalue weighted by molar-refractivity contribution is -0.142. The van der Waals surface area contributed by atoms with Gasteiger partial charge >= 0.3 is 11.9 Å². The Hall–Kier alpha value is -2.52. The number of nitrogens with one attached hydrogen (secondary N) is 1. The predicted molar refractivity (Wildman–Crippen MR) is 92.3 cm³/mol. The number of benzene rings is 1. The molecule has 0 aliphatic carbocycles. The van der Waals surface area contributed by atoms with Crippen LogP contribution in [0.15, 0.2) is 18.2 Å². The van der Waals surface area contributed by atoms with Gasteiger partial charge in [0, 0.05) is 12.6 Å². The summed E-state index contributed by atoms with van der Waals surface area (Å²) in [6, 6.07) is 4.92. The van der Waals surface area contributed by atoms with Crippen LogP contribution in [0.4, 0.5) is 5.69 Å². The zero-order valence-electron chi connectivity index (χ0n) is 14.9. The van der Waals surface area contributed by atoms with Gasteiger partial charge in [-0.3, -0.25) is 9.59 Å². The number of aliphatic hydroxyl groups is 2. The minimum Gasteiger partial charge on any atom is -0.493 e. The van der Waals surface area contributed by atoms with Crippen LogP contribution < -0.4 is 14.8 Å². The average Bonchev–Trinajstić information content (AvgIpc) is 2.66. The van der Waals surface area contributed by atoms with E-state index in [9.17, 15) is 14.7 Å². The molecule has 0 amide bonds. The molecule has 0 spiro atoms. The smallest absolute Gasteiger partial charge is 0.308 e. The Morgan fingerprint density at radius 3 is 2.27 bits per heavy atom. The van der Waals surface area contributed by atoms with E-state index in [1.165, 1.54) is 14.2 Å². The number of aliphatic hydroxyl groups excluding tert-OH is 2. The number of methoxy groups -OCH3 is 2. The number of ether oxygens (including phenoxy) is 4. The summed E-state index contributed by atoms with van der Waals surface area (Å²) < 4.78 is 20.1. The van der Waals surface area contributed by atoms with Crippen molar-refractivity contribution in [3.8, 4) is 11.5 Å². The molecule has 0 fully saturated rings. The SMILES string of the molecule is COC(=O)CCOc1ccc(OCCC(=O)OC)c(NCC(O)CO)c1. The van der Waals surface area contributed by atoms with Crippen molar-refractivity contribution >= 4 is 17.6 Å². The molecule has 0 saturated heterocycles. The Morgan fingerprint density at radius 2 is 1.69 bits per heavy atom. The summed E-state index contributed by atoms with van der Waals surface area (Å²) in [7, 11) is 2.60. The maximum absolute atomic E-state index is 11.2. The molecule has 1 rings (SSSR count). The Labute approximate surface area is 151 Å². The van der Waals surface area contributed by atoms with Crippen molar-refractivity contribution < 1.29 is 38.7 Å². The molecule has 1 aromatic rings. The van der Waals surface area contributed by atoms with Crippen molar-refractivity contribution in [3.05, 3.63) is 18.2 Å². The number of anilines is 1. The van der Waals surface area contributed by atoms with E-state index >= 15 is 0 Å². The van der Waals surface area contributed by atoms with Crippen molar-refractivity contribution in [2.45, 2.75) is 18.9 Å². The summed E-state index contributed by atoms with van der Waals surface area (Å²) in [5, 5.41) is 21.4. The zero-order chi connectivity index (χ0) is 19.4. The third-order valence-electron chi connectivity index (χ3n) is 3.28. The second-order valence-corrected chi connectivity index (χ2v) is 5.22. The number of carbonyl (C=O) groups excluding carboxylic acids is 2. The molecule has 0 aromatic heterocycles. The van der Waals surface area contributed by atoms with Gasteiger partial charge in [0.1, 0.15) is 11.5 Å². The molecule has 1 aromatic carbocycles. The first-order valence-corrected chi connectivity index (χ1v) is 8.06. The predicted octanol–water partition coefficient (Wildman–Crippen LogP) is 0.335. The van der Waals surface area contributed by atoms with Crippen LogP contribution in [0.3, 0.4) is 0 Å². The molecule has 1 unspecified atom stereocenters. The second-order valence-electron chi connectivity index (χ2n) is 5.22. The highest BCUT2D eigenvalue weighted by atomic mass is 16.5. The number of esters is 2. The first-order valence-electron chi connectivity index (χ1n) is 8.06. The van der Waals surface area contributed by atoms with Gasteiger partial charge in [-0.25, -0.2) is 0 Å². The van der Waals surface area contributed by atoms with Crippen LogP contribution >= 0.6 is 0 Å². The fourth-order valence-corrected chi connectivity index (χ4v) is 1.86. The number of hydrogen-bond donors (Lipinski definition) is 3. The second kappa shape index (κ2) is 11.9. The molecule has 9 heteroatoms. The number of rotatable bonds is 12. The fraction of sp³-hybridized carbons (Fsp3) is 0.529. The van der Waals surface area contributed by atoms with Crippen molar-refractivity contribution in [2.75, 3.05) is 45.9 Å². The molecule has 0 radical (unpaired) electrons. The third kappa shape index (κ3) is 8.04. The largest absolute Gasteiger partial charge is 0.493 e. The third-order valence-corrected chi connectivity index (χ3v) is 3.28. The fourth-order valence-electron chi connectivity index (χ4n) is 1.86. The first kappa shape index (κ1) is 21.5. The molecular formula is C17H25NO8. The summed E-state index contributed by atoms with van der Waals surface area (Å²) in [6.45, 7) is -0.0311. The quantitative estimate of drug-likeness (QED) is 0.446. The van der Waals surface area contributed by atoms with Gasteiger partial charge in [0.2, 0.25) is 0 Å². The molecule has 9 nitrogen and oxygen atoms in total. The van der Waals surface area contributed by atoms with Gasteiger partial charge in [-0.2, -0.15) is 0 Å². The van der Waals surface area contributed by atoms with Crippen molar-refractivity contribution in [1.82, 2.24) is 0 Å². The minimum absolute atomic E-state index is 0.0899. The molecule has 3 N–H and O–H groups in total. The molecule has 146 valence electrons. The first-order chi connectivity index (χ1) is 12.5. The minimum atomic E-state index is -0.943. The summed E-state index contributed by atoms with van der Waals surface area (Å²) in [5.41, 5.74) is 0.512. The van der Waals surface area contributed by atoms with Crippen LogP contribution in [-0.4, -0.2) is 68.8 Å². The lowest BCUT2D eigenvalue weighted by atomic mass is 10.2. The van der Waals surface area contributed by atoms with Gasteiger partial charge in [0.25, 0.3) is 0 Å². The molecular weight excluding hydrogens is 346 g/mol. The standard InChI is InChI=1S/C17H25NO8/c1-23-16(21)5-7-25-13-3-4-15(26-8-6-17(22)24-2)14(9-13)18-10-12(20)11-19/h3-4,9,12,18-20H,5-8,10-11H2,1-2H3. The van der Waals surface area contributed by atoms with E-state index in [1.807, 2.05) is 0 Å². The van der Waals surface area contributed by atoms with Crippen molar-refractivity contribution in [2.24, 2.45) is 0 Å². The van der Waals surface area contributed by atoms with Gasteiger partial charge < -0.3 is 34.5 Å². The highest BCUT2D eigenvalue weighted by molar-refractivity contribution is 5.69. The van der Waals surface area contributed by atoms with Crippen molar-refractivity contribution in [3.63, 3.8) is 0 Å². The van der Waals surface area contributed by atoms with Gasteiger partial charge in [-0.1, -0.05) is 0 Å². The lowest BCUT2D eigenvalue weighted by Crippen LogP contribution is -2.23. The van der Waals surface area contributed by atoms with E-state index < -0.39 is 12.1 Å². The van der Waals surface area contributed by atoms with E-state index in [0.717, 1.165) is 0 Å². The van der Waals surface area contributed by atoms with Crippen molar-refractivity contribution in [1.29, 1.82) is 0 Å². The maximum Gasteiger partial charge on any atom is 0.308 e.